The fourth-order valence-electron chi connectivity index (χ4n) is 3.33. The quantitative estimate of drug-likeness (QED) is 0.136. The van der Waals surface area contributed by atoms with E-state index >= 15 is 0 Å². The summed E-state index contributed by atoms with van der Waals surface area (Å²) in [6, 6.07) is 4.35. The zero-order valence-corrected chi connectivity index (χ0v) is 18.1. The van der Waals surface area contributed by atoms with Gasteiger partial charge in [-0.3, -0.25) is 24.5 Å². The summed E-state index contributed by atoms with van der Waals surface area (Å²) >= 11 is 3.10. The lowest BCUT2D eigenvalue weighted by Gasteiger charge is -2.18. The second kappa shape index (κ2) is 8.83. The van der Waals surface area contributed by atoms with Gasteiger partial charge in [-0.25, -0.2) is 10.4 Å². The van der Waals surface area contributed by atoms with Gasteiger partial charge in [0.1, 0.15) is 18.3 Å². The van der Waals surface area contributed by atoms with E-state index in [0.29, 0.717) is 10.0 Å². The Labute approximate surface area is 191 Å². The minimum Gasteiger partial charge on any atom is -0.394 e. The number of aliphatic hydroxyl groups is 3. The van der Waals surface area contributed by atoms with Crippen LogP contribution in [0.1, 0.15) is 11.8 Å². The molecule has 0 radical (unpaired) electrons. The molecule has 1 fully saturated rings. The van der Waals surface area contributed by atoms with Crippen molar-refractivity contribution in [3.05, 3.63) is 48.7 Å². The molecule has 15 nitrogen and oxygen atoms in total. The highest BCUT2D eigenvalue weighted by atomic mass is 79.9. The van der Waals surface area contributed by atoms with Crippen LogP contribution in [-0.2, 0) is 4.74 Å². The number of ether oxygens (including phenoxy) is 1. The van der Waals surface area contributed by atoms with Gasteiger partial charge in [0.2, 0.25) is 11.9 Å². The zero-order chi connectivity index (χ0) is 23.9. The fourth-order valence-corrected chi connectivity index (χ4v) is 3.72. The number of nitrogen functional groups attached to an aromatic ring is 1. The van der Waals surface area contributed by atoms with Gasteiger partial charge in [-0.05, 0) is 22.0 Å². The number of anilines is 2. The zero-order valence-electron chi connectivity index (χ0n) is 16.5. The summed E-state index contributed by atoms with van der Waals surface area (Å²) < 4.78 is 7.01. The number of aliphatic hydroxyl groups excluding tert-OH is 3. The van der Waals surface area contributed by atoms with Gasteiger partial charge in [0, 0.05) is 11.6 Å². The number of rotatable bonds is 6. The molecule has 0 bridgehead atoms. The van der Waals surface area contributed by atoms with E-state index in [-0.39, 0.29) is 28.7 Å². The van der Waals surface area contributed by atoms with Crippen LogP contribution in [0.25, 0.3) is 11.2 Å². The third kappa shape index (κ3) is 4.16. The van der Waals surface area contributed by atoms with Crippen LogP contribution < -0.4 is 16.7 Å². The van der Waals surface area contributed by atoms with E-state index in [1.54, 1.807) is 6.07 Å². The lowest BCUT2D eigenvalue weighted by atomic mass is 10.1. The Morgan fingerprint density at radius 1 is 1.39 bits per heavy atom. The number of nitrogens with two attached hydrogens (primary N) is 1. The highest BCUT2D eigenvalue weighted by molar-refractivity contribution is 9.10. The number of hydrogen-bond acceptors (Lipinski definition) is 12. The minimum absolute atomic E-state index is 0.0666. The van der Waals surface area contributed by atoms with E-state index in [1.165, 1.54) is 22.9 Å². The van der Waals surface area contributed by atoms with Gasteiger partial charge >= 0.3 is 0 Å². The van der Waals surface area contributed by atoms with Gasteiger partial charge in [-0.15, -0.1) is 0 Å². The molecule has 0 saturated carbocycles. The molecule has 1 aliphatic heterocycles. The summed E-state index contributed by atoms with van der Waals surface area (Å²) in [5, 5.41) is 45.1. The second-order valence-corrected chi connectivity index (χ2v) is 7.85. The molecule has 7 N–H and O–H groups in total. The SMILES string of the molecule is Nc1nc2c(nc(N/N=C/c3ccc(Br)c([N+](=O)[O-])c3)n2[C@@H]2O[C@@H](CO)[C@@H](O)[C@H]2O)c(=O)[nH]1. The number of hydrazone groups is 1. The minimum atomic E-state index is -1.50. The number of halogens is 1. The largest absolute Gasteiger partial charge is 0.394 e. The predicted octanol–water partition coefficient (Wildman–Crippen LogP) is -0.570. The van der Waals surface area contributed by atoms with Crippen molar-refractivity contribution >= 4 is 50.9 Å². The Hall–Kier alpha value is -3.44. The molecule has 3 heterocycles. The van der Waals surface area contributed by atoms with E-state index in [9.17, 15) is 30.2 Å². The lowest BCUT2D eigenvalue weighted by molar-refractivity contribution is -0.385. The van der Waals surface area contributed by atoms with Gasteiger partial charge in [0.15, 0.2) is 17.4 Å². The predicted molar refractivity (Wildman–Crippen MR) is 118 cm³/mol. The van der Waals surface area contributed by atoms with Crippen molar-refractivity contribution in [3.63, 3.8) is 0 Å². The van der Waals surface area contributed by atoms with Gasteiger partial charge in [0.05, 0.1) is 22.2 Å². The van der Waals surface area contributed by atoms with Crippen molar-refractivity contribution in [3.8, 4) is 0 Å². The summed E-state index contributed by atoms with van der Waals surface area (Å²) in [6.45, 7) is -0.569. The molecule has 0 aliphatic carbocycles. The van der Waals surface area contributed by atoms with Crippen LogP contribution in [0, 0.1) is 10.1 Å². The van der Waals surface area contributed by atoms with Crippen molar-refractivity contribution in [2.24, 2.45) is 5.10 Å². The molecular formula is C17H17BrN8O7. The van der Waals surface area contributed by atoms with Crippen LogP contribution in [0.3, 0.4) is 0 Å². The Bertz CT molecular complexity index is 1310. The monoisotopic (exact) mass is 524 g/mol. The molecule has 0 spiro atoms. The molecule has 33 heavy (non-hydrogen) atoms. The molecule has 1 aromatic carbocycles. The molecular weight excluding hydrogens is 508 g/mol. The second-order valence-electron chi connectivity index (χ2n) is 7.00. The summed E-state index contributed by atoms with van der Waals surface area (Å²) in [7, 11) is 0. The third-order valence-electron chi connectivity index (χ3n) is 4.89. The standard InChI is InChI=1S/C17H17BrN8O7/c18-7-2-1-6(3-8(7)26(31)32)4-20-24-17-21-10-13(22-16(19)23-14(10)30)25(17)15-12(29)11(28)9(5-27)33-15/h1-4,9,11-12,15,27-29H,5H2,(H,21,24)(H3,19,22,23,30)/b20-4+/t9-,11+,12+,15+/m0/s1. The van der Waals surface area contributed by atoms with E-state index in [2.05, 4.69) is 41.4 Å². The molecule has 4 rings (SSSR count). The number of nitro benzene ring substituents is 1. The van der Waals surface area contributed by atoms with Crippen molar-refractivity contribution in [1.29, 1.82) is 0 Å². The summed E-state index contributed by atoms with van der Waals surface area (Å²) in [5.41, 5.74) is 7.54. The topological polar surface area (TPSA) is 227 Å². The molecule has 3 aromatic rings. The maximum atomic E-state index is 12.3. The first-order chi connectivity index (χ1) is 15.7. The van der Waals surface area contributed by atoms with Crippen LogP contribution in [0.2, 0.25) is 0 Å². The van der Waals surface area contributed by atoms with Crippen molar-refractivity contribution in [1.82, 2.24) is 19.5 Å². The highest BCUT2D eigenvalue weighted by Gasteiger charge is 2.45. The number of benzene rings is 1. The van der Waals surface area contributed by atoms with Crippen LogP contribution in [0.4, 0.5) is 17.6 Å². The molecule has 2 aromatic heterocycles. The van der Waals surface area contributed by atoms with E-state index in [0.717, 1.165) is 0 Å². The fraction of sp³-hybridized carbons (Fsp3) is 0.294. The van der Waals surface area contributed by atoms with Gasteiger partial charge < -0.3 is 25.8 Å². The average molecular weight is 525 g/mol. The maximum Gasteiger partial charge on any atom is 0.284 e. The number of H-pyrrole nitrogens is 1. The van der Waals surface area contributed by atoms with Gasteiger partial charge in [-0.1, -0.05) is 6.07 Å². The van der Waals surface area contributed by atoms with Crippen LogP contribution >= 0.6 is 15.9 Å². The van der Waals surface area contributed by atoms with Crippen molar-refractivity contribution in [2.75, 3.05) is 17.8 Å². The number of nitro groups is 1. The molecule has 16 heteroatoms. The lowest BCUT2D eigenvalue weighted by Crippen LogP contribution is -2.33. The van der Waals surface area contributed by atoms with Crippen LogP contribution in [0.15, 0.2) is 32.6 Å². The highest BCUT2D eigenvalue weighted by Crippen LogP contribution is 2.34. The maximum absolute atomic E-state index is 12.3. The smallest absolute Gasteiger partial charge is 0.284 e. The summed E-state index contributed by atoms with van der Waals surface area (Å²) in [4.78, 5) is 33.3. The van der Waals surface area contributed by atoms with E-state index in [4.69, 9.17) is 10.5 Å². The summed E-state index contributed by atoms with van der Waals surface area (Å²) in [5.74, 6) is -0.330. The molecule has 1 saturated heterocycles. The first-order valence-electron chi connectivity index (χ1n) is 9.34. The Balaban J connectivity index is 1.74. The first-order valence-corrected chi connectivity index (χ1v) is 10.1. The number of nitrogens with one attached hydrogen (secondary N) is 2. The third-order valence-corrected chi connectivity index (χ3v) is 5.56. The van der Waals surface area contributed by atoms with Crippen molar-refractivity contribution < 1.29 is 25.0 Å². The van der Waals surface area contributed by atoms with Gasteiger partial charge in [0.25, 0.3) is 11.2 Å². The normalized spacial score (nSPS) is 22.9. The number of aromatic amines is 1. The molecule has 0 unspecified atom stereocenters. The average Bonchev–Trinajstić information content (AvgIpc) is 3.26. The Kier molecular flexibility index (Phi) is 6.09. The van der Waals surface area contributed by atoms with Crippen molar-refractivity contribution in [2.45, 2.75) is 24.5 Å². The van der Waals surface area contributed by atoms with Gasteiger partial charge in [-0.2, -0.15) is 10.1 Å². The van der Waals surface area contributed by atoms with E-state index in [1.807, 2.05) is 0 Å². The number of aromatic nitrogens is 4. The number of fused-ring (bicyclic) bond motifs is 1. The number of hydrogen-bond donors (Lipinski definition) is 6. The number of imidazole rings is 1. The molecule has 4 atom stereocenters. The van der Waals surface area contributed by atoms with E-state index < -0.39 is 41.6 Å². The molecule has 174 valence electrons. The van der Waals surface area contributed by atoms with Crippen LogP contribution in [-0.4, -0.2) is 70.9 Å². The summed E-state index contributed by atoms with van der Waals surface area (Å²) in [6.07, 6.45) is -4.03. The first kappa shape index (κ1) is 22.7. The molecule has 1 aliphatic rings. The Morgan fingerprint density at radius 3 is 2.82 bits per heavy atom. The Morgan fingerprint density at radius 2 is 2.15 bits per heavy atom. The number of nitrogens with zero attached hydrogens (tertiary/aromatic N) is 5. The van der Waals surface area contributed by atoms with Crippen LogP contribution in [0.5, 0.6) is 0 Å². The molecule has 0 amide bonds.